The minimum atomic E-state index is 0.00570. The summed E-state index contributed by atoms with van der Waals surface area (Å²) in [4.78, 5) is 30.2. The second-order valence-corrected chi connectivity index (χ2v) is 8.81. The van der Waals surface area contributed by atoms with Gasteiger partial charge in [0.15, 0.2) is 5.78 Å². The lowest BCUT2D eigenvalue weighted by atomic mass is 9.91. The maximum atomic E-state index is 13.2. The average molecular weight is 395 g/mol. The topological polar surface area (TPSA) is 53.2 Å². The number of thiophene rings is 1. The largest absolute Gasteiger partial charge is 0.354 e. The molecular weight excluding hydrogens is 368 g/mol. The van der Waals surface area contributed by atoms with Gasteiger partial charge in [-0.25, -0.2) is 0 Å². The molecule has 3 aromatic rings. The van der Waals surface area contributed by atoms with Crippen LogP contribution in [0.4, 0.5) is 0 Å². The number of benzene rings is 1. The molecule has 1 amide bonds. The molecule has 0 bridgehead atoms. The molecule has 5 heteroatoms. The van der Waals surface area contributed by atoms with Gasteiger partial charge >= 0.3 is 0 Å². The number of aromatic amines is 1. The number of H-pyrrole nitrogens is 1. The van der Waals surface area contributed by atoms with Crippen molar-refractivity contribution in [3.63, 3.8) is 0 Å². The molecule has 4 nitrogen and oxygen atoms in total. The molecule has 0 unspecified atom stereocenters. The normalized spacial score (nSPS) is 17.2. The van der Waals surface area contributed by atoms with Crippen LogP contribution in [0.5, 0.6) is 0 Å². The van der Waals surface area contributed by atoms with Crippen molar-refractivity contribution in [2.24, 2.45) is 5.92 Å². The third-order valence-electron chi connectivity index (χ3n) is 5.88. The van der Waals surface area contributed by atoms with Gasteiger partial charge < -0.3 is 9.88 Å². The molecule has 1 aromatic carbocycles. The maximum absolute atomic E-state index is 13.2. The molecular formula is C23H26N2O2S. The van der Waals surface area contributed by atoms with Gasteiger partial charge in [0, 0.05) is 29.0 Å². The van der Waals surface area contributed by atoms with Gasteiger partial charge in [-0.3, -0.25) is 9.59 Å². The van der Waals surface area contributed by atoms with E-state index < -0.39 is 0 Å². The minimum Gasteiger partial charge on any atom is -0.354 e. The summed E-state index contributed by atoms with van der Waals surface area (Å²) in [7, 11) is 0. The summed E-state index contributed by atoms with van der Waals surface area (Å²) in [6.45, 7) is 6.84. The molecule has 1 aliphatic rings. The smallest absolute Gasteiger partial charge is 0.270 e. The Morgan fingerprint density at radius 2 is 2.04 bits per heavy atom. The van der Waals surface area contributed by atoms with E-state index >= 15 is 0 Å². The number of carbonyl (C=O) groups is 2. The summed E-state index contributed by atoms with van der Waals surface area (Å²) in [6.07, 6.45) is 3.18. The standard InChI is InChI=1S/C23H26N2O2S/c1-14-21(16(3)26)15(2)24-22(14)23(27)25-10-6-7-17(12-25)11-18-13-28-20-9-5-4-8-19(18)20/h4-5,8-9,13,17,24H,6-7,10-12H2,1-3H3/t17-/m0/s1. The van der Waals surface area contributed by atoms with Crippen LogP contribution in [0, 0.1) is 19.8 Å². The first kappa shape index (κ1) is 18.9. The van der Waals surface area contributed by atoms with Gasteiger partial charge in [-0.2, -0.15) is 0 Å². The van der Waals surface area contributed by atoms with Crippen molar-refractivity contribution in [3.05, 3.63) is 57.7 Å². The first-order valence-electron chi connectivity index (χ1n) is 9.90. The lowest BCUT2D eigenvalue weighted by molar-refractivity contribution is 0.0667. The second kappa shape index (κ2) is 7.55. The molecule has 0 spiro atoms. The van der Waals surface area contributed by atoms with Crippen molar-refractivity contribution in [2.45, 2.75) is 40.0 Å². The third kappa shape index (κ3) is 3.39. The van der Waals surface area contributed by atoms with Crippen LogP contribution in [-0.4, -0.2) is 34.7 Å². The number of carbonyl (C=O) groups excluding carboxylic acids is 2. The van der Waals surface area contributed by atoms with Gasteiger partial charge in [0.1, 0.15) is 5.69 Å². The van der Waals surface area contributed by atoms with Crippen LogP contribution < -0.4 is 0 Å². The highest BCUT2D eigenvalue weighted by molar-refractivity contribution is 7.17. The predicted molar refractivity (Wildman–Crippen MR) is 114 cm³/mol. The number of ketones is 1. The van der Waals surface area contributed by atoms with Crippen LogP contribution in [0.1, 0.15) is 57.4 Å². The zero-order valence-electron chi connectivity index (χ0n) is 16.7. The summed E-state index contributed by atoms with van der Waals surface area (Å²) < 4.78 is 1.33. The van der Waals surface area contributed by atoms with Crippen LogP contribution in [-0.2, 0) is 6.42 Å². The fraction of sp³-hybridized carbons (Fsp3) is 0.391. The molecule has 0 radical (unpaired) electrons. The fourth-order valence-electron chi connectivity index (χ4n) is 4.57. The number of Topliss-reactive ketones (excluding diaryl/α,β-unsaturated/α-hetero) is 1. The van der Waals surface area contributed by atoms with Crippen LogP contribution in [0.15, 0.2) is 29.6 Å². The molecule has 0 aliphatic carbocycles. The van der Waals surface area contributed by atoms with Crippen molar-refractivity contribution in [3.8, 4) is 0 Å². The van der Waals surface area contributed by atoms with Crippen molar-refractivity contribution in [2.75, 3.05) is 13.1 Å². The van der Waals surface area contributed by atoms with Gasteiger partial charge in [0.2, 0.25) is 0 Å². The molecule has 4 rings (SSSR count). The van der Waals surface area contributed by atoms with Crippen LogP contribution in [0.25, 0.3) is 10.1 Å². The Labute approximate surface area is 169 Å². The first-order valence-corrected chi connectivity index (χ1v) is 10.8. The molecule has 3 heterocycles. The van der Waals surface area contributed by atoms with Crippen molar-refractivity contribution < 1.29 is 9.59 Å². The number of piperidine rings is 1. The Hall–Kier alpha value is -2.40. The number of amides is 1. The van der Waals surface area contributed by atoms with Gasteiger partial charge in [0.25, 0.3) is 5.91 Å². The van der Waals surface area contributed by atoms with Crippen molar-refractivity contribution in [1.82, 2.24) is 9.88 Å². The number of aromatic nitrogens is 1. The third-order valence-corrected chi connectivity index (χ3v) is 6.89. The maximum Gasteiger partial charge on any atom is 0.270 e. The Morgan fingerprint density at radius 1 is 1.25 bits per heavy atom. The van der Waals surface area contributed by atoms with E-state index in [4.69, 9.17) is 0 Å². The highest BCUT2D eigenvalue weighted by Crippen LogP contribution is 2.30. The Kier molecular flexibility index (Phi) is 5.11. The molecule has 1 saturated heterocycles. The molecule has 1 fully saturated rings. The zero-order valence-corrected chi connectivity index (χ0v) is 17.5. The second-order valence-electron chi connectivity index (χ2n) is 7.90. The monoisotopic (exact) mass is 394 g/mol. The van der Waals surface area contributed by atoms with Gasteiger partial charge in [-0.1, -0.05) is 18.2 Å². The van der Waals surface area contributed by atoms with E-state index in [9.17, 15) is 9.59 Å². The number of likely N-dealkylation sites (tertiary alicyclic amines) is 1. The van der Waals surface area contributed by atoms with Crippen LogP contribution in [0.3, 0.4) is 0 Å². The summed E-state index contributed by atoms with van der Waals surface area (Å²) in [5.74, 6) is 0.499. The highest BCUT2D eigenvalue weighted by atomic mass is 32.1. The molecule has 1 N–H and O–H groups in total. The Bertz CT molecular complexity index is 1050. The van der Waals surface area contributed by atoms with E-state index in [2.05, 4.69) is 34.6 Å². The van der Waals surface area contributed by atoms with Gasteiger partial charge in [-0.15, -0.1) is 11.3 Å². The van der Waals surface area contributed by atoms with E-state index in [1.165, 1.54) is 15.6 Å². The van der Waals surface area contributed by atoms with Gasteiger partial charge in [0.05, 0.1) is 0 Å². The average Bonchev–Trinajstić information content (AvgIpc) is 3.22. The lowest BCUT2D eigenvalue weighted by Gasteiger charge is -2.32. The molecule has 2 aromatic heterocycles. The summed E-state index contributed by atoms with van der Waals surface area (Å²) in [6, 6.07) is 8.54. The molecule has 28 heavy (non-hydrogen) atoms. The summed E-state index contributed by atoms with van der Waals surface area (Å²) >= 11 is 1.80. The number of fused-ring (bicyclic) bond motifs is 1. The molecule has 146 valence electrons. The number of rotatable bonds is 4. The molecule has 1 aliphatic heterocycles. The Balaban J connectivity index is 1.52. The number of aryl methyl sites for hydroxylation is 1. The van der Waals surface area contributed by atoms with E-state index in [1.54, 1.807) is 18.3 Å². The molecule has 1 atom stereocenters. The van der Waals surface area contributed by atoms with E-state index in [0.717, 1.165) is 43.6 Å². The summed E-state index contributed by atoms with van der Waals surface area (Å²) in [5.41, 5.74) is 4.18. The van der Waals surface area contributed by atoms with E-state index in [1.807, 2.05) is 18.7 Å². The van der Waals surface area contributed by atoms with Crippen molar-refractivity contribution in [1.29, 1.82) is 0 Å². The minimum absolute atomic E-state index is 0.00570. The summed E-state index contributed by atoms with van der Waals surface area (Å²) in [5, 5.41) is 3.61. The van der Waals surface area contributed by atoms with Gasteiger partial charge in [-0.05, 0) is 73.9 Å². The number of nitrogens with zero attached hydrogens (tertiary/aromatic N) is 1. The number of nitrogens with one attached hydrogen (secondary N) is 1. The van der Waals surface area contributed by atoms with E-state index in [-0.39, 0.29) is 11.7 Å². The quantitative estimate of drug-likeness (QED) is 0.623. The number of hydrogen-bond acceptors (Lipinski definition) is 3. The lowest BCUT2D eigenvalue weighted by Crippen LogP contribution is -2.41. The predicted octanol–water partition coefficient (Wildman–Crippen LogP) is 5.14. The first-order chi connectivity index (χ1) is 13.5. The fourth-order valence-corrected chi connectivity index (χ4v) is 5.54. The zero-order chi connectivity index (χ0) is 19.8. The van der Waals surface area contributed by atoms with Crippen LogP contribution >= 0.6 is 11.3 Å². The number of hydrogen-bond donors (Lipinski definition) is 1. The van der Waals surface area contributed by atoms with Crippen molar-refractivity contribution >= 4 is 33.1 Å². The van der Waals surface area contributed by atoms with E-state index in [0.29, 0.717) is 17.2 Å². The van der Waals surface area contributed by atoms with Crippen LogP contribution in [0.2, 0.25) is 0 Å². The SMILES string of the molecule is CC(=O)c1c(C)[nH]c(C(=O)N2CCC[C@@H](Cc3csc4ccccc34)C2)c1C. The molecule has 0 saturated carbocycles. The Morgan fingerprint density at radius 3 is 2.79 bits per heavy atom. The highest BCUT2D eigenvalue weighted by Gasteiger charge is 2.28.